The van der Waals surface area contributed by atoms with Crippen LogP contribution in [0.4, 0.5) is 0 Å². The van der Waals surface area contributed by atoms with Gasteiger partial charge < -0.3 is 0 Å². The Bertz CT molecular complexity index is 3200. The van der Waals surface area contributed by atoms with Gasteiger partial charge in [0.25, 0.3) is 0 Å². The zero-order valence-electron chi connectivity index (χ0n) is 33.0. The van der Waals surface area contributed by atoms with Crippen molar-refractivity contribution < 1.29 is 0 Å². The van der Waals surface area contributed by atoms with Crippen molar-refractivity contribution in [3.05, 3.63) is 218 Å². The molecule has 2 nitrogen and oxygen atoms in total. The summed E-state index contributed by atoms with van der Waals surface area (Å²) in [6.07, 6.45) is 3.79. The molecule has 0 atom stereocenters. The van der Waals surface area contributed by atoms with Gasteiger partial charge in [-0.25, -0.2) is 0 Å². The molecule has 0 unspecified atom stereocenters. The van der Waals surface area contributed by atoms with Crippen LogP contribution in [-0.2, 0) is 5.41 Å². The Morgan fingerprint density at radius 3 is 1.42 bits per heavy atom. The zero-order valence-corrected chi connectivity index (χ0v) is 33.0. The molecule has 0 saturated carbocycles. The van der Waals surface area contributed by atoms with Crippen molar-refractivity contribution in [1.82, 2.24) is 9.97 Å². The second-order valence-electron chi connectivity index (χ2n) is 16.2. The molecular weight excluding hydrogens is 713 g/mol. The van der Waals surface area contributed by atoms with Gasteiger partial charge in [-0.3, -0.25) is 9.97 Å². The third-order valence-electron chi connectivity index (χ3n) is 12.4. The van der Waals surface area contributed by atoms with E-state index in [0.29, 0.717) is 0 Å². The van der Waals surface area contributed by atoms with E-state index in [4.69, 9.17) is 4.98 Å². The third-order valence-corrected chi connectivity index (χ3v) is 12.4. The molecule has 0 aliphatic heterocycles. The summed E-state index contributed by atoms with van der Waals surface area (Å²) in [5.74, 6) is 0. The Hall–Kier alpha value is -7.42. The number of nitrogens with zero attached hydrogens (tertiary/aromatic N) is 2. The summed E-state index contributed by atoms with van der Waals surface area (Å²) >= 11 is 0. The number of rotatable bonds is 6. The van der Waals surface area contributed by atoms with Gasteiger partial charge in [0.2, 0.25) is 0 Å². The molecule has 2 heterocycles. The monoisotopic (exact) mass is 752 g/mol. The first-order valence-corrected chi connectivity index (χ1v) is 20.4. The van der Waals surface area contributed by atoms with Crippen LogP contribution in [-0.4, -0.2) is 9.97 Å². The van der Waals surface area contributed by atoms with E-state index < -0.39 is 0 Å². The highest BCUT2D eigenvalue weighted by atomic mass is 14.8. The highest BCUT2D eigenvalue weighted by Gasteiger charge is 2.37. The van der Waals surface area contributed by atoms with Crippen molar-refractivity contribution in [1.29, 1.82) is 0 Å². The average Bonchev–Trinajstić information content (AvgIpc) is 3.52. The van der Waals surface area contributed by atoms with Gasteiger partial charge in [-0.1, -0.05) is 159 Å². The summed E-state index contributed by atoms with van der Waals surface area (Å²) in [6, 6.07) is 70.8. The van der Waals surface area contributed by atoms with Crippen molar-refractivity contribution in [2.24, 2.45) is 0 Å². The summed E-state index contributed by atoms with van der Waals surface area (Å²) in [7, 11) is 0. The Morgan fingerprint density at radius 1 is 0.322 bits per heavy atom. The highest BCUT2D eigenvalue weighted by molar-refractivity contribution is 6.22. The minimum absolute atomic E-state index is 0.238. The van der Waals surface area contributed by atoms with Crippen LogP contribution in [0.25, 0.3) is 99.7 Å². The van der Waals surface area contributed by atoms with Gasteiger partial charge in [0.05, 0.1) is 11.4 Å². The standard InChI is InChI=1S/C57H40N2/c1-57(2)51-33-41(44-27-29-54(59-36-44)53-25-11-12-30-58-53)26-28-45(51)48-34-49-50(35-52(48)57)56(43-22-14-20-40(32-43)38-17-7-4-8-18-38)47-24-10-9-23-46(47)55(49)42-21-13-19-39(31-42)37-15-5-3-6-16-37/h3-36H,1-2H3. The van der Waals surface area contributed by atoms with Crippen molar-refractivity contribution in [3.63, 3.8) is 0 Å². The predicted octanol–water partition coefficient (Wildman–Crippen LogP) is 15.1. The average molecular weight is 753 g/mol. The summed E-state index contributed by atoms with van der Waals surface area (Å²) < 4.78 is 0. The van der Waals surface area contributed by atoms with Crippen molar-refractivity contribution >= 4 is 21.5 Å². The van der Waals surface area contributed by atoms with E-state index in [9.17, 15) is 0 Å². The van der Waals surface area contributed by atoms with Crippen LogP contribution in [0.3, 0.4) is 0 Å². The number of aromatic nitrogens is 2. The summed E-state index contributed by atoms with van der Waals surface area (Å²) in [4.78, 5) is 9.33. The molecule has 1 aliphatic rings. The van der Waals surface area contributed by atoms with E-state index in [1.807, 2.05) is 30.6 Å². The van der Waals surface area contributed by atoms with Crippen LogP contribution in [0.15, 0.2) is 207 Å². The third kappa shape index (κ3) is 5.87. The molecule has 0 fully saturated rings. The molecule has 1 aliphatic carbocycles. The highest BCUT2D eigenvalue weighted by Crippen LogP contribution is 2.54. The van der Waals surface area contributed by atoms with Gasteiger partial charge in [-0.05, 0) is 142 Å². The molecule has 11 rings (SSSR count). The van der Waals surface area contributed by atoms with Crippen LogP contribution in [0.5, 0.6) is 0 Å². The van der Waals surface area contributed by atoms with Crippen LogP contribution in [0.1, 0.15) is 25.0 Å². The molecule has 278 valence electrons. The molecule has 8 aromatic carbocycles. The predicted molar refractivity (Wildman–Crippen MR) is 247 cm³/mol. The maximum atomic E-state index is 4.82. The lowest BCUT2D eigenvalue weighted by Crippen LogP contribution is -2.15. The van der Waals surface area contributed by atoms with E-state index >= 15 is 0 Å². The van der Waals surface area contributed by atoms with E-state index in [1.54, 1.807) is 0 Å². The molecule has 0 saturated heterocycles. The minimum Gasteiger partial charge on any atom is -0.255 e. The maximum Gasteiger partial charge on any atom is 0.0886 e. The van der Waals surface area contributed by atoms with E-state index in [2.05, 4.69) is 195 Å². The minimum atomic E-state index is -0.238. The lowest BCUT2D eigenvalue weighted by Gasteiger charge is -2.24. The fourth-order valence-electron chi connectivity index (χ4n) is 9.41. The van der Waals surface area contributed by atoms with E-state index in [-0.39, 0.29) is 5.41 Å². The van der Waals surface area contributed by atoms with E-state index in [0.717, 1.165) is 22.5 Å². The molecule has 0 amide bonds. The van der Waals surface area contributed by atoms with Gasteiger partial charge in [0.1, 0.15) is 0 Å². The quantitative estimate of drug-likeness (QED) is 0.158. The number of fused-ring (bicyclic) bond motifs is 5. The maximum absolute atomic E-state index is 4.82. The molecule has 10 aromatic rings. The van der Waals surface area contributed by atoms with Crippen LogP contribution in [0, 0.1) is 0 Å². The molecule has 0 bridgehead atoms. The van der Waals surface area contributed by atoms with Crippen molar-refractivity contribution in [2.45, 2.75) is 19.3 Å². The van der Waals surface area contributed by atoms with Gasteiger partial charge in [-0.15, -0.1) is 0 Å². The normalized spacial score (nSPS) is 12.7. The van der Waals surface area contributed by atoms with Gasteiger partial charge in [-0.2, -0.15) is 0 Å². The Balaban J connectivity index is 1.15. The molecule has 59 heavy (non-hydrogen) atoms. The lowest BCUT2D eigenvalue weighted by atomic mass is 9.79. The lowest BCUT2D eigenvalue weighted by molar-refractivity contribution is 0.661. The Labute approximate surface area is 345 Å². The summed E-state index contributed by atoms with van der Waals surface area (Å²) in [5.41, 5.74) is 18.9. The second kappa shape index (κ2) is 13.9. The smallest absolute Gasteiger partial charge is 0.0886 e. The number of hydrogen-bond donors (Lipinski definition) is 0. The van der Waals surface area contributed by atoms with Crippen LogP contribution < -0.4 is 0 Å². The largest absolute Gasteiger partial charge is 0.255 e. The molecule has 0 radical (unpaired) electrons. The van der Waals surface area contributed by atoms with Crippen molar-refractivity contribution in [2.75, 3.05) is 0 Å². The summed E-state index contributed by atoms with van der Waals surface area (Å²) in [5, 5.41) is 5.03. The van der Waals surface area contributed by atoms with Gasteiger partial charge in [0.15, 0.2) is 0 Å². The zero-order chi connectivity index (χ0) is 39.5. The fourth-order valence-corrected chi connectivity index (χ4v) is 9.41. The van der Waals surface area contributed by atoms with Gasteiger partial charge in [0, 0.05) is 23.4 Å². The molecule has 0 N–H and O–H groups in total. The topological polar surface area (TPSA) is 25.8 Å². The molecule has 2 heteroatoms. The first kappa shape index (κ1) is 34.8. The second-order valence-corrected chi connectivity index (χ2v) is 16.2. The van der Waals surface area contributed by atoms with Crippen LogP contribution >= 0.6 is 0 Å². The first-order valence-electron chi connectivity index (χ1n) is 20.4. The Kier molecular flexibility index (Phi) is 8.20. The van der Waals surface area contributed by atoms with E-state index in [1.165, 1.54) is 88.3 Å². The molecule has 0 spiro atoms. The molecular formula is C57H40N2. The van der Waals surface area contributed by atoms with Crippen LogP contribution in [0.2, 0.25) is 0 Å². The number of pyridine rings is 2. The molecule has 2 aromatic heterocycles. The van der Waals surface area contributed by atoms with Crippen molar-refractivity contribution in [3.8, 4) is 78.1 Å². The Morgan fingerprint density at radius 2 is 0.831 bits per heavy atom. The fraction of sp³-hybridized carbons (Fsp3) is 0.0526. The summed E-state index contributed by atoms with van der Waals surface area (Å²) in [6.45, 7) is 4.77. The number of hydrogen-bond acceptors (Lipinski definition) is 2. The number of benzene rings is 8. The first-order chi connectivity index (χ1) is 29.0. The van der Waals surface area contributed by atoms with Gasteiger partial charge >= 0.3 is 0 Å². The SMILES string of the molecule is CC1(C)c2cc(-c3ccc(-c4ccccn4)nc3)ccc2-c2cc3c(-c4cccc(-c5ccccc5)c4)c4ccccc4c(-c4cccc(-c5ccccc5)c4)c3cc21.